The number of carbonyl (C=O) groups excluding carboxylic acids is 3. The van der Waals surface area contributed by atoms with E-state index in [1.165, 1.54) is 0 Å². The summed E-state index contributed by atoms with van der Waals surface area (Å²) in [7, 11) is 0. The summed E-state index contributed by atoms with van der Waals surface area (Å²) in [6.45, 7) is -0.415. The lowest BCUT2D eigenvalue weighted by atomic mass is 10.1. The largest absolute Gasteiger partial charge is 0.454 e. The molecule has 0 aliphatic rings. The van der Waals surface area contributed by atoms with Crippen LogP contribution < -0.4 is 10.6 Å². The molecule has 0 aromatic heterocycles. The van der Waals surface area contributed by atoms with E-state index in [2.05, 4.69) is 16.6 Å². The molecular formula is C21H20N2O4. The van der Waals surface area contributed by atoms with Gasteiger partial charge in [0.05, 0.1) is 6.54 Å². The van der Waals surface area contributed by atoms with Crippen LogP contribution in [0.15, 0.2) is 60.7 Å². The van der Waals surface area contributed by atoms with E-state index in [0.717, 1.165) is 5.56 Å². The number of ether oxygens (including phenoxy) is 1. The third-order valence-electron chi connectivity index (χ3n) is 3.64. The van der Waals surface area contributed by atoms with Crippen LogP contribution in [0.5, 0.6) is 0 Å². The van der Waals surface area contributed by atoms with Gasteiger partial charge in [-0.2, -0.15) is 0 Å². The molecule has 0 bridgehead atoms. The van der Waals surface area contributed by atoms with Gasteiger partial charge in [0.1, 0.15) is 6.04 Å². The second kappa shape index (κ2) is 10.4. The number of rotatable bonds is 8. The average molecular weight is 364 g/mol. The van der Waals surface area contributed by atoms with Gasteiger partial charge in [0.15, 0.2) is 6.61 Å². The molecule has 0 saturated heterocycles. The fourth-order valence-corrected chi connectivity index (χ4v) is 2.31. The van der Waals surface area contributed by atoms with Crippen molar-refractivity contribution in [1.82, 2.24) is 10.6 Å². The van der Waals surface area contributed by atoms with Crippen LogP contribution in [0.25, 0.3) is 0 Å². The lowest BCUT2D eigenvalue weighted by molar-refractivity contribution is -0.150. The summed E-state index contributed by atoms with van der Waals surface area (Å²) in [6.07, 6.45) is 5.30. The van der Waals surface area contributed by atoms with Gasteiger partial charge < -0.3 is 15.4 Å². The first-order chi connectivity index (χ1) is 13.1. The van der Waals surface area contributed by atoms with Gasteiger partial charge in [-0.15, -0.1) is 6.42 Å². The molecule has 0 aliphatic carbocycles. The monoisotopic (exact) mass is 364 g/mol. The van der Waals surface area contributed by atoms with Crippen molar-refractivity contribution in [2.24, 2.45) is 0 Å². The minimum absolute atomic E-state index is 0.0502. The molecule has 0 fully saturated rings. The summed E-state index contributed by atoms with van der Waals surface area (Å²) in [5.41, 5.74) is 1.28. The Balaban J connectivity index is 2.04. The van der Waals surface area contributed by atoms with Crippen molar-refractivity contribution >= 4 is 17.8 Å². The van der Waals surface area contributed by atoms with Gasteiger partial charge in [0, 0.05) is 12.0 Å². The second-order valence-electron chi connectivity index (χ2n) is 5.67. The highest BCUT2D eigenvalue weighted by Crippen LogP contribution is 2.07. The molecule has 138 valence electrons. The van der Waals surface area contributed by atoms with Gasteiger partial charge in [-0.25, -0.2) is 4.79 Å². The number of amides is 2. The molecule has 2 amide bonds. The quantitative estimate of drug-likeness (QED) is 0.547. The molecule has 27 heavy (non-hydrogen) atoms. The van der Waals surface area contributed by atoms with Crippen LogP contribution in [0.2, 0.25) is 0 Å². The number of terminal acetylenes is 1. The fourth-order valence-electron chi connectivity index (χ4n) is 2.31. The first-order valence-corrected chi connectivity index (χ1v) is 8.37. The Kier molecular flexibility index (Phi) is 7.61. The van der Waals surface area contributed by atoms with Crippen molar-refractivity contribution in [2.45, 2.75) is 12.5 Å². The average Bonchev–Trinajstić information content (AvgIpc) is 2.71. The van der Waals surface area contributed by atoms with Crippen LogP contribution >= 0.6 is 0 Å². The summed E-state index contributed by atoms with van der Waals surface area (Å²) in [6, 6.07) is 16.8. The maximum atomic E-state index is 12.4. The predicted octanol–water partition coefficient (Wildman–Crippen LogP) is 1.32. The molecule has 0 unspecified atom stereocenters. The number of hydrogen-bond donors (Lipinski definition) is 2. The summed E-state index contributed by atoms with van der Waals surface area (Å²) >= 11 is 0. The highest BCUT2D eigenvalue weighted by molar-refractivity contribution is 5.97. The Morgan fingerprint density at radius 1 is 1.00 bits per heavy atom. The minimum Gasteiger partial charge on any atom is -0.454 e. The van der Waals surface area contributed by atoms with Crippen LogP contribution in [-0.2, 0) is 20.7 Å². The summed E-state index contributed by atoms with van der Waals surface area (Å²) in [5, 5.41) is 5.07. The Hall–Kier alpha value is -3.59. The van der Waals surface area contributed by atoms with E-state index in [9.17, 15) is 14.4 Å². The predicted molar refractivity (Wildman–Crippen MR) is 101 cm³/mol. The zero-order valence-electron chi connectivity index (χ0n) is 14.7. The molecule has 0 radical (unpaired) electrons. The molecule has 6 heteroatoms. The van der Waals surface area contributed by atoms with Crippen LogP contribution in [0.1, 0.15) is 15.9 Å². The lowest BCUT2D eigenvalue weighted by Gasteiger charge is -2.18. The normalized spacial score (nSPS) is 10.9. The molecule has 0 saturated carbocycles. The van der Waals surface area contributed by atoms with Crippen LogP contribution in [0.4, 0.5) is 0 Å². The van der Waals surface area contributed by atoms with Crippen molar-refractivity contribution in [3.05, 3.63) is 71.8 Å². The van der Waals surface area contributed by atoms with Crippen molar-refractivity contribution in [3.8, 4) is 12.3 Å². The van der Waals surface area contributed by atoms with E-state index in [4.69, 9.17) is 11.2 Å². The van der Waals surface area contributed by atoms with Crippen LogP contribution in [0.3, 0.4) is 0 Å². The Morgan fingerprint density at radius 2 is 1.63 bits per heavy atom. The zero-order valence-corrected chi connectivity index (χ0v) is 14.7. The molecule has 0 spiro atoms. The van der Waals surface area contributed by atoms with Gasteiger partial charge in [0.2, 0.25) is 0 Å². The molecule has 6 nitrogen and oxygen atoms in total. The molecule has 0 aliphatic heterocycles. The number of nitrogens with one attached hydrogen (secondary N) is 2. The summed E-state index contributed by atoms with van der Waals surface area (Å²) in [5.74, 6) is 0.658. The molecule has 0 heterocycles. The van der Waals surface area contributed by atoms with Crippen molar-refractivity contribution < 1.29 is 19.1 Å². The smallest absolute Gasteiger partial charge is 0.329 e. The van der Waals surface area contributed by atoms with E-state index in [1.54, 1.807) is 30.3 Å². The molecule has 2 aromatic rings. The van der Waals surface area contributed by atoms with Crippen LogP contribution in [0, 0.1) is 12.3 Å². The van der Waals surface area contributed by atoms with Gasteiger partial charge in [-0.3, -0.25) is 9.59 Å². The third-order valence-corrected chi connectivity index (χ3v) is 3.64. The van der Waals surface area contributed by atoms with Gasteiger partial charge in [0.25, 0.3) is 11.8 Å². The first-order valence-electron chi connectivity index (χ1n) is 8.37. The highest BCUT2D eigenvalue weighted by Gasteiger charge is 2.24. The van der Waals surface area contributed by atoms with E-state index >= 15 is 0 Å². The Labute approximate surface area is 157 Å². The summed E-state index contributed by atoms with van der Waals surface area (Å²) < 4.78 is 5.04. The Morgan fingerprint density at radius 3 is 2.26 bits per heavy atom. The maximum Gasteiger partial charge on any atom is 0.329 e. The first kappa shape index (κ1) is 19.7. The van der Waals surface area contributed by atoms with Gasteiger partial charge in [-0.05, 0) is 17.7 Å². The lowest BCUT2D eigenvalue weighted by Crippen LogP contribution is -2.44. The Bertz CT molecular complexity index is 813. The van der Waals surface area contributed by atoms with Crippen LogP contribution in [-0.4, -0.2) is 37.0 Å². The topological polar surface area (TPSA) is 84.5 Å². The fraction of sp³-hybridized carbons (Fsp3) is 0.190. The standard InChI is InChI=1S/C21H20N2O4/c1-2-13-22-19(24)15-27-21(26)18(14-16-9-5-3-6-10-16)23-20(25)17-11-7-4-8-12-17/h1,3-12,18H,13-15H2,(H,22,24)(H,23,25)/t18-/m1/s1. The second-order valence-corrected chi connectivity index (χ2v) is 5.67. The SMILES string of the molecule is C#CCNC(=O)COC(=O)[C@@H](Cc1ccccc1)NC(=O)c1ccccc1. The maximum absolute atomic E-state index is 12.4. The van der Waals surface area contributed by atoms with E-state index in [1.807, 2.05) is 30.3 Å². The molecular weight excluding hydrogens is 344 g/mol. The molecule has 2 aromatic carbocycles. The number of esters is 1. The van der Waals surface area contributed by atoms with Crippen molar-refractivity contribution in [2.75, 3.05) is 13.2 Å². The van der Waals surface area contributed by atoms with Gasteiger partial charge in [-0.1, -0.05) is 54.5 Å². The van der Waals surface area contributed by atoms with Crippen molar-refractivity contribution in [3.63, 3.8) is 0 Å². The van der Waals surface area contributed by atoms with Gasteiger partial charge >= 0.3 is 5.97 Å². The molecule has 1 atom stereocenters. The number of carbonyl (C=O) groups is 3. The minimum atomic E-state index is -0.930. The van der Waals surface area contributed by atoms with E-state index in [0.29, 0.717) is 5.56 Å². The third kappa shape index (κ3) is 6.67. The van der Waals surface area contributed by atoms with Crippen molar-refractivity contribution in [1.29, 1.82) is 0 Å². The van der Waals surface area contributed by atoms with E-state index < -0.39 is 30.4 Å². The zero-order chi connectivity index (χ0) is 19.5. The molecule has 2 rings (SSSR count). The highest BCUT2D eigenvalue weighted by atomic mass is 16.5. The number of benzene rings is 2. The molecule has 2 N–H and O–H groups in total. The number of hydrogen-bond acceptors (Lipinski definition) is 4. The van der Waals surface area contributed by atoms with E-state index in [-0.39, 0.29) is 13.0 Å². The summed E-state index contributed by atoms with van der Waals surface area (Å²) in [4.78, 5) is 36.4.